The average Bonchev–Trinajstić information content (AvgIpc) is 3.16. The third kappa shape index (κ3) is 5.07. The van der Waals surface area contributed by atoms with Gasteiger partial charge in [-0.15, -0.1) is 0 Å². The standard InChI is InChI=1S/C22H26ClFN6O3/c1-21(2,32)18(24)10-27-20(31)15-8-25-16(6-17(15)28-12-22(33)4-3-5-22)14-9-29-30-11-13(23)7-26-19(14)30/h6-9,11,18,32-33H,3-5,10,12H2,1-2H3,(H,25,28)(H,27,31). The lowest BCUT2D eigenvalue weighted by atomic mass is 9.80. The number of pyridine rings is 1. The van der Waals surface area contributed by atoms with Gasteiger partial charge in [-0.2, -0.15) is 5.10 Å². The molecule has 0 radical (unpaired) electrons. The molecule has 0 spiro atoms. The number of anilines is 1. The van der Waals surface area contributed by atoms with Gasteiger partial charge < -0.3 is 20.8 Å². The Morgan fingerprint density at radius 3 is 2.76 bits per heavy atom. The number of halogens is 2. The van der Waals surface area contributed by atoms with Crippen LogP contribution in [0.3, 0.4) is 0 Å². The summed E-state index contributed by atoms with van der Waals surface area (Å²) in [7, 11) is 0. The van der Waals surface area contributed by atoms with E-state index >= 15 is 0 Å². The molecule has 4 rings (SSSR count). The third-order valence-electron chi connectivity index (χ3n) is 5.85. The van der Waals surface area contributed by atoms with Crippen LogP contribution < -0.4 is 10.6 Å². The second kappa shape index (κ2) is 8.85. The maximum Gasteiger partial charge on any atom is 0.255 e. The fourth-order valence-corrected chi connectivity index (χ4v) is 3.65. The van der Waals surface area contributed by atoms with Crippen LogP contribution in [0.1, 0.15) is 43.5 Å². The summed E-state index contributed by atoms with van der Waals surface area (Å²) in [6, 6.07) is 1.67. The molecule has 1 amide bonds. The molecule has 0 aromatic carbocycles. The Kier molecular flexibility index (Phi) is 6.26. The second-order valence-corrected chi connectivity index (χ2v) is 9.41. The number of nitrogens with one attached hydrogen (secondary N) is 2. The molecule has 11 heteroatoms. The number of aromatic nitrogens is 4. The molecule has 0 saturated heterocycles. The smallest absolute Gasteiger partial charge is 0.255 e. The summed E-state index contributed by atoms with van der Waals surface area (Å²) in [5.41, 5.74) is -0.0944. The molecule has 4 N–H and O–H groups in total. The van der Waals surface area contributed by atoms with E-state index in [1.54, 1.807) is 18.5 Å². The van der Waals surface area contributed by atoms with Crippen LogP contribution in [0.15, 0.2) is 30.9 Å². The van der Waals surface area contributed by atoms with E-state index in [-0.39, 0.29) is 18.7 Å². The van der Waals surface area contributed by atoms with E-state index in [1.807, 2.05) is 0 Å². The first kappa shape index (κ1) is 23.3. The van der Waals surface area contributed by atoms with Crippen LogP contribution in [0.25, 0.3) is 16.9 Å². The van der Waals surface area contributed by atoms with E-state index in [0.29, 0.717) is 40.5 Å². The lowest BCUT2D eigenvalue weighted by Gasteiger charge is -2.37. The number of hydrogen-bond acceptors (Lipinski definition) is 7. The first-order valence-electron chi connectivity index (χ1n) is 10.7. The summed E-state index contributed by atoms with van der Waals surface area (Å²) in [5, 5.41) is 30.6. The fourth-order valence-electron chi connectivity index (χ4n) is 3.51. The first-order chi connectivity index (χ1) is 15.6. The Bertz CT molecular complexity index is 1170. The van der Waals surface area contributed by atoms with Crippen LogP contribution in [0, 0.1) is 0 Å². The van der Waals surface area contributed by atoms with Crippen molar-refractivity contribution in [1.82, 2.24) is 24.9 Å². The highest BCUT2D eigenvalue weighted by atomic mass is 35.5. The monoisotopic (exact) mass is 476 g/mol. The molecule has 1 atom stereocenters. The Labute approximate surface area is 195 Å². The number of carbonyl (C=O) groups excluding carboxylic acids is 1. The first-order valence-corrected chi connectivity index (χ1v) is 11.0. The van der Waals surface area contributed by atoms with Crippen molar-refractivity contribution in [2.24, 2.45) is 0 Å². The lowest BCUT2D eigenvalue weighted by molar-refractivity contribution is -0.0202. The van der Waals surface area contributed by atoms with E-state index < -0.39 is 23.3 Å². The third-order valence-corrected chi connectivity index (χ3v) is 6.05. The summed E-state index contributed by atoms with van der Waals surface area (Å²) in [5.74, 6) is -0.547. The number of carbonyl (C=O) groups is 1. The Morgan fingerprint density at radius 1 is 1.33 bits per heavy atom. The number of amides is 1. The lowest BCUT2D eigenvalue weighted by Crippen LogP contribution is -2.44. The van der Waals surface area contributed by atoms with Gasteiger partial charge in [-0.1, -0.05) is 11.6 Å². The minimum Gasteiger partial charge on any atom is -0.388 e. The minimum atomic E-state index is -1.64. The maximum atomic E-state index is 14.1. The van der Waals surface area contributed by atoms with Crippen LogP contribution in [0.5, 0.6) is 0 Å². The maximum absolute atomic E-state index is 14.1. The normalized spacial score (nSPS) is 16.3. The molecule has 3 aromatic heterocycles. The number of hydrogen-bond donors (Lipinski definition) is 4. The number of alkyl halides is 1. The van der Waals surface area contributed by atoms with Gasteiger partial charge in [0.1, 0.15) is 6.17 Å². The van der Waals surface area contributed by atoms with Crippen LogP contribution in [0.4, 0.5) is 10.1 Å². The van der Waals surface area contributed by atoms with Gasteiger partial charge >= 0.3 is 0 Å². The van der Waals surface area contributed by atoms with E-state index in [9.17, 15) is 19.4 Å². The largest absolute Gasteiger partial charge is 0.388 e. The predicted octanol–water partition coefficient (Wildman–Crippen LogP) is 2.61. The van der Waals surface area contributed by atoms with Crippen molar-refractivity contribution < 1.29 is 19.4 Å². The zero-order valence-electron chi connectivity index (χ0n) is 18.3. The van der Waals surface area contributed by atoms with Gasteiger partial charge in [-0.25, -0.2) is 13.9 Å². The van der Waals surface area contributed by atoms with Crippen LogP contribution in [-0.2, 0) is 0 Å². The van der Waals surface area contributed by atoms with Gasteiger partial charge in [0.25, 0.3) is 5.91 Å². The van der Waals surface area contributed by atoms with Gasteiger partial charge in [0.2, 0.25) is 0 Å². The Balaban J connectivity index is 1.63. The number of nitrogens with zero attached hydrogens (tertiary/aromatic N) is 4. The number of rotatable bonds is 8. The average molecular weight is 477 g/mol. The quantitative estimate of drug-likeness (QED) is 0.394. The molecule has 0 bridgehead atoms. The molecule has 1 aliphatic carbocycles. The van der Waals surface area contributed by atoms with Gasteiger partial charge in [-0.05, 0) is 39.2 Å². The molecule has 1 saturated carbocycles. The molecule has 3 heterocycles. The highest BCUT2D eigenvalue weighted by Crippen LogP contribution is 2.33. The van der Waals surface area contributed by atoms with E-state index in [0.717, 1.165) is 6.42 Å². The van der Waals surface area contributed by atoms with Gasteiger partial charge in [0.05, 0.1) is 57.7 Å². The second-order valence-electron chi connectivity index (χ2n) is 8.98. The van der Waals surface area contributed by atoms with Crippen molar-refractivity contribution in [3.05, 3.63) is 41.4 Å². The molecule has 176 valence electrons. The zero-order valence-corrected chi connectivity index (χ0v) is 19.1. The van der Waals surface area contributed by atoms with E-state index in [1.165, 1.54) is 30.8 Å². The summed E-state index contributed by atoms with van der Waals surface area (Å²) in [6.07, 6.45) is 6.76. The number of fused-ring (bicyclic) bond motifs is 1. The Hall–Kier alpha value is -2.82. The molecule has 1 unspecified atom stereocenters. The van der Waals surface area contributed by atoms with Crippen molar-refractivity contribution >= 4 is 28.8 Å². The molecule has 9 nitrogen and oxygen atoms in total. The minimum absolute atomic E-state index is 0.192. The van der Waals surface area contributed by atoms with Crippen LogP contribution in [-0.4, -0.2) is 66.2 Å². The van der Waals surface area contributed by atoms with E-state index in [2.05, 4.69) is 25.7 Å². The summed E-state index contributed by atoms with van der Waals surface area (Å²) >= 11 is 5.98. The van der Waals surface area contributed by atoms with Crippen LogP contribution >= 0.6 is 11.6 Å². The highest BCUT2D eigenvalue weighted by Gasteiger charge is 2.34. The summed E-state index contributed by atoms with van der Waals surface area (Å²) < 4.78 is 15.6. The summed E-state index contributed by atoms with van der Waals surface area (Å²) in [6.45, 7) is 2.58. The van der Waals surface area contributed by atoms with E-state index in [4.69, 9.17) is 11.6 Å². The predicted molar refractivity (Wildman–Crippen MR) is 122 cm³/mol. The molecule has 1 fully saturated rings. The number of aliphatic hydroxyl groups is 2. The van der Waals surface area contributed by atoms with Crippen molar-refractivity contribution in [2.75, 3.05) is 18.4 Å². The Morgan fingerprint density at radius 2 is 2.09 bits per heavy atom. The SMILES string of the molecule is CC(C)(O)C(F)CNC(=O)c1cnc(-c2cnn3cc(Cl)cnc23)cc1NCC1(O)CCC1. The van der Waals surface area contributed by atoms with Crippen LogP contribution in [0.2, 0.25) is 5.02 Å². The highest BCUT2D eigenvalue weighted by molar-refractivity contribution is 6.30. The van der Waals surface area contributed by atoms with Crippen molar-refractivity contribution in [2.45, 2.75) is 50.5 Å². The molecular weight excluding hydrogens is 451 g/mol. The fraction of sp³-hybridized carbons (Fsp3) is 0.455. The van der Waals surface area contributed by atoms with Crippen molar-refractivity contribution in [1.29, 1.82) is 0 Å². The molecule has 0 aliphatic heterocycles. The van der Waals surface area contributed by atoms with Crippen molar-refractivity contribution in [3.8, 4) is 11.3 Å². The van der Waals surface area contributed by atoms with Gasteiger partial charge in [0, 0.05) is 18.9 Å². The topological polar surface area (TPSA) is 125 Å². The van der Waals surface area contributed by atoms with Gasteiger partial charge in [0.15, 0.2) is 5.65 Å². The van der Waals surface area contributed by atoms with Crippen molar-refractivity contribution in [3.63, 3.8) is 0 Å². The zero-order chi connectivity index (χ0) is 23.8. The summed E-state index contributed by atoms with van der Waals surface area (Å²) in [4.78, 5) is 21.5. The molecule has 33 heavy (non-hydrogen) atoms. The molecule has 3 aromatic rings. The molecular formula is C22H26ClFN6O3. The molecule has 1 aliphatic rings. The van der Waals surface area contributed by atoms with Gasteiger partial charge in [-0.3, -0.25) is 9.78 Å².